The van der Waals surface area contributed by atoms with Crippen molar-refractivity contribution in [1.29, 1.82) is 0 Å². The molecule has 12 heavy (non-hydrogen) atoms. The Morgan fingerprint density at radius 2 is 2.42 bits per heavy atom. The first-order valence-electron chi connectivity index (χ1n) is 4.32. The highest BCUT2D eigenvalue weighted by Crippen LogP contribution is 2.03. The van der Waals surface area contributed by atoms with Gasteiger partial charge in [-0.05, 0) is 19.4 Å². The van der Waals surface area contributed by atoms with E-state index in [1.807, 2.05) is 17.8 Å². The molecule has 3 nitrogen and oxygen atoms in total. The van der Waals surface area contributed by atoms with Gasteiger partial charge in [0.15, 0.2) is 0 Å². The van der Waals surface area contributed by atoms with E-state index in [1.54, 1.807) is 6.20 Å². The van der Waals surface area contributed by atoms with Gasteiger partial charge in [-0.1, -0.05) is 6.92 Å². The third-order valence-electron chi connectivity index (χ3n) is 2.01. The van der Waals surface area contributed by atoms with Crippen LogP contribution >= 0.6 is 0 Å². The van der Waals surface area contributed by atoms with Crippen LogP contribution in [0, 0.1) is 0 Å². The van der Waals surface area contributed by atoms with Crippen molar-refractivity contribution in [2.45, 2.75) is 33.0 Å². The summed E-state index contributed by atoms with van der Waals surface area (Å²) in [7, 11) is 1.93. The van der Waals surface area contributed by atoms with Gasteiger partial charge in [-0.15, -0.1) is 0 Å². The smallest absolute Gasteiger partial charge is 0.0888 e. The predicted molar refractivity (Wildman–Crippen MR) is 47.8 cm³/mol. The summed E-state index contributed by atoms with van der Waals surface area (Å²) in [5.74, 6) is 0. The first-order valence-corrected chi connectivity index (χ1v) is 4.32. The van der Waals surface area contributed by atoms with Crippen molar-refractivity contribution in [3.8, 4) is 0 Å². The summed E-state index contributed by atoms with van der Waals surface area (Å²) in [6, 6.07) is 1.97. The molecule has 0 saturated heterocycles. The van der Waals surface area contributed by atoms with E-state index >= 15 is 0 Å². The van der Waals surface area contributed by atoms with Gasteiger partial charge in [-0.25, -0.2) is 0 Å². The summed E-state index contributed by atoms with van der Waals surface area (Å²) in [6.07, 6.45) is 3.17. The Hall–Kier alpha value is -0.830. The minimum Gasteiger partial charge on any atom is -0.372 e. The van der Waals surface area contributed by atoms with E-state index in [0.717, 1.165) is 12.1 Å². The van der Waals surface area contributed by atoms with Crippen LogP contribution in [0.5, 0.6) is 0 Å². The van der Waals surface area contributed by atoms with Gasteiger partial charge in [-0.2, -0.15) is 5.10 Å². The second kappa shape index (κ2) is 4.26. The zero-order valence-corrected chi connectivity index (χ0v) is 7.95. The fourth-order valence-electron chi connectivity index (χ4n) is 0.888. The summed E-state index contributed by atoms with van der Waals surface area (Å²) in [5, 5.41) is 4.06. The molecule has 0 aliphatic carbocycles. The monoisotopic (exact) mass is 168 g/mol. The maximum atomic E-state index is 5.56. The molecular formula is C9H16N2O. The second-order valence-electron chi connectivity index (χ2n) is 2.98. The lowest BCUT2D eigenvalue weighted by Crippen LogP contribution is -2.08. The lowest BCUT2D eigenvalue weighted by atomic mass is 10.3. The van der Waals surface area contributed by atoms with Crippen molar-refractivity contribution in [1.82, 2.24) is 9.78 Å². The molecule has 1 unspecified atom stereocenters. The van der Waals surface area contributed by atoms with Gasteiger partial charge in [0.2, 0.25) is 0 Å². The largest absolute Gasteiger partial charge is 0.372 e. The van der Waals surface area contributed by atoms with Crippen molar-refractivity contribution in [2.75, 3.05) is 0 Å². The molecule has 0 spiro atoms. The predicted octanol–water partition coefficient (Wildman–Crippen LogP) is 1.74. The van der Waals surface area contributed by atoms with E-state index in [1.165, 1.54) is 0 Å². The van der Waals surface area contributed by atoms with Crippen LogP contribution in [0.1, 0.15) is 26.0 Å². The topological polar surface area (TPSA) is 27.1 Å². The van der Waals surface area contributed by atoms with Crippen molar-refractivity contribution in [3.05, 3.63) is 18.0 Å². The summed E-state index contributed by atoms with van der Waals surface area (Å²) in [6.45, 7) is 4.86. The summed E-state index contributed by atoms with van der Waals surface area (Å²) in [5.41, 5.74) is 1.12. The maximum Gasteiger partial charge on any atom is 0.0888 e. The average Bonchev–Trinajstić information content (AvgIpc) is 2.47. The van der Waals surface area contributed by atoms with E-state index < -0.39 is 0 Å². The minimum absolute atomic E-state index is 0.333. The zero-order chi connectivity index (χ0) is 8.97. The Labute approximate surface area is 73.3 Å². The van der Waals surface area contributed by atoms with Gasteiger partial charge in [0, 0.05) is 13.2 Å². The molecule has 0 saturated carbocycles. The molecule has 68 valence electrons. The highest BCUT2D eigenvalue weighted by atomic mass is 16.5. The number of nitrogens with zero attached hydrogens (tertiary/aromatic N) is 2. The Balaban J connectivity index is 2.38. The lowest BCUT2D eigenvalue weighted by molar-refractivity contribution is 0.0471. The molecule has 0 aromatic carbocycles. The van der Waals surface area contributed by atoms with Crippen LogP contribution in [0.25, 0.3) is 0 Å². The summed E-state index contributed by atoms with van der Waals surface area (Å²) >= 11 is 0. The highest BCUT2D eigenvalue weighted by molar-refractivity contribution is 4.97. The van der Waals surface area contributed by atoms with Crippen LogP contribution in [-0.2, 0) is 18.4 Å². The van der Waals surface area contributed by atoms with Gasteiger partial charge in [0.25, 0.3) is 0 Å². The van der Waals surface area contributed by atoms with Crippen LogP contribution in [0.3, 0.4) is 0 Å². The highest BCUT2D eigenvalue weighted by Gasteiger charge is 2.01. The van der Waals surface area contributed by atoms with E-state index in [-0.39, 0.29) is 0 Å². The molecule has 0 bridgehead atoms. The molecule has 1 aromatic heterocycles. The molecular weight excluding hydrogens is 152 g/mol. The van der Waals surface area contributed by atoms with Crippen molar-refractivity contribution >= 4 is 0 Å². The molecule has 1 rings (SSSR count). The molecule has 0 fully saturated rings. The fourth-order valence-corrected chi connectivity index (χ4v) is 0.888. The van der Waals surface area contributed by atoms with Gasteiger partial charge >= 0.3 is 0 Å². The maximum absolute atomic E-state index is 5.56. The first kappa shape index (κ1) is 9.26. The number of rotatable bonds is 4. The van der Waals surface area contributed by atoms with Crippen molar-refractivity contribution in [2.24, 2.45) is 7.05 Å². The molecule has 0 N–H and O–H groups in total. The van der Waals surface area contributed by atoms with E-state index in [9.17, 15) is 0 Å². The SMILES string of the molecule is CCC(C)OCc1ccnn1C. The lowest BCUT2D eigenvalue weighted by Gasteiger charge is -2.09. The molecule has 0 aliphatic heterocycles. The van der Waals surface area contributed by atoms with Gasteiger partial charge in [-0.3, -0.25) is 4.68 Å². The molecule has 3 heteroatoms. The molecule has 0 amide bonds. The number of hydrogen-bond donors (Lipinski definition) is 0. The molecule has 1 atom stereocenters. The third-order valence-corrected chi connectivity index (χ3v) is 2.01. The van der Waals surface area contributed by atoms with E-state index in [2.05, 4.69) is 18.9 Å². The van der Waals surface area contributed by atoms with Crippen LogP contribution in [0.2, 0.25) is 0 Å². The van der Waals surface area contributed by atoms with Crippen molar-refractivity contribution in [3.63, 3.8) is 0 Å². The van der Waals surface area contributed by atoms with Crippen LogP contribution in [-0.4, -0.2) is 15.9 Å². The van der Waals surface area contributed by atoms with Crippen LogP contribution < -0.4 is 0 Å². The van der Waals surface area contributed by atoms with Crippen LogP contribution in [0.15, 0.2) is 12.3 Å². The normalized spacial score (nSPS) is 13.2. The van der Waals surface area contributed by atoms with Crippen molar-refractivity contribution < 1.29 is 4.74 Å². The number of ether oxygens (including phenoxy) is 1. The Morgan fingerprint density at radius 3 is 2.92 bits per heavy atom. The standard InChI is InChI=1S/C9H16N2O/c1-4-8(2)12-7-9-5-6-10-11(9)3/h5-6,8H,4,7H2,1-3H3. The number of aryl methyl sites for hydroxylation is 1. The number of aromatic nitrogens is 2. The minimum atomic E-state index is 0.333. The van der Waals surface area contributed by atoms with Gasteiger partial charge in [0.05, 0.1) is 18.4 Å². The molecule has 0 aliphatic rings. The first-order chi connectivity index (χ1) is 5.74. The van der Waals surface area contributed by atoms with E-state index in [4.69, 9.17) is 4.74 Å². The molecule has 1 heterocycles. The van der Waals surface area contributed by atoms with Crippen LogP contribution in [0.4, 0.5) is 0 Å². The van der Waals surface area contributed by atoms with Gasteiger partial charge < -0.3 is 4.74 Å². The summed E-state index contributed by atoms with van der Waals surface area (Å²) in [4.78, 5) is 0. The zero-order valence-electron chi connectivity index (χ0n) is 7.95. The quantitative estimate of drug-likeness (QED) is 0.684. The van der Waals surface area contributed by atoms with E-state index in [0.29, 0.717) is 12.7 Å². The Kier molecular flexibility index (Phi) is 3.29. The number of hydrogen-bond acceptors (Lipinski definition) is 2. The second-order valence-corrected chi connectivity index (χ2v) is 2.98. The molecule has 1 aromatic rings. The average molecular weight is 168 g/mol. The van der Waals surface area contributed by atoms with Gasteiger partial charge in [0.1, 0.15) is 0 Å². The Bertz CT molecular complexity index is 232. The summed E-state index contributed by atoms with van der Waals surface area (Å²) < 4.78 is 7.39. The molecule has 0 radical (unpaired) electrons. The fraction of sp³-hybridized carbons (Fsp3) is 0.667. The third kappa shape index (κ3) is 2.34. The Morgan fingerprint density at radius 1 is 1.67 bits per heavy atom.